The van der Waals surface area contributed by atoms with Gasteiger partial charge >= 0.3 is 0 Å². The molecule has 0 saturated carbocycles. The van der Waals surface area contributed by atoms with E-state index in [-0.39, 0.29) is 0 Å². The average molecular weight is 294 g/mol. The van der Waals surface area contributed by atoms with Gasteiger partial charge in [0.05, 0.1) is 11.9 Å². The fourth-order valence-corrected chi connectivity index (χ4v) is 1.76. The molecule has 2 N–H and O–H groups in total. The van der Waals surface area contributed by atoms with Gasteiger partial charge in [-0.1, -0.05) is 6.07 Å². The molecule has 0 amide bonds. The standard InChI is InChI=1S/C12H12BrN3O/c13-10-4-11(7-15-6-10)17-8-9-2-1-3-16-12(9)5-14/h1-4,6-7H,5,8,14H2. The zero-order valence-corrected chi connectivity index (χ0v) is 10.7. The SMILES string of the molecule is NCc1ncccc1COc1cncc(Br)c1. The predicted octanol–water partition coefficient (Wildman–Crippen LogP) is 2.28. The third-order valence-electron chi connectivity index (χ3n) is 2.25. The van der Waals surface area contributed by atoms with E-state index in [0.717, 1.165) is 15.7 Å². The van der Waals surface area contributed by atoms with Gasteiger partial charge in [-0.2, -0.15) is 0 Å². The van der Waals surface area contributed by atoms with Gasteiger partial charge in [-0.05, 0) is 28.1 Å². The zero-order valence-electron chi connectivity index (χ0n) is 9.14. The van der Waals surface area contributed by atoms with Crippen LogP contribution in [0.1, 0.15) is 11.3 Å². The number of hydrogen-bond acceptors (Lipinski definition) is 4. The number of pyridine rings is 2. The van der Waals surface area contributed by atoms with Crippen molar-refractivity contribution in [1.29, 1.82) is 0 Å². The minimum Gasteiger partial charge on any atom is -0.487 e. The summed E-state index contributed by atoms with van der Waals surface area (Å²) in [6.07, 6.45) is 5.11. The Bertz CT molecular complexity index is 505. The number of hydrogen-bond donors (Lipinski definition) is 1. The smallest absolute Gasteiger partial charge is 0.139 e. The second kappa shape index (κ2) is 5.75. The van der Waals surface area contributed by atoms with Crippen molar-refractivity contribution in [1.82, 2.24) is 9.97 Å². The monoisotopic (exact) mass is 293 g/mol. The Labute approximate surface area is 108 Å². The van der Waals surface area contributed by atoms with Crippen LogP contribution < -0.4 is 10.5 Å². The second-order valence-electron chi connectivity index (χ2n) is 3.44. The molecule has 5 heteroatoms. The number of rotatable bonds is 4. The highest BCUT2D eigenvalue weighted by molar-refractivity contribution is 9.10. The number of ether oxygens (including phenoxy) is 1. The Hall–Kier alpha value is -1.46. The lowest BCUT2D eigenvalue weighted by Crippen LogP contribution is -2.06. The molecule has 0 aliphatic heterocycles. The third kappa shape index (κ3) is 3.25. The van der Waals surface area contributed by atoms with Crippen LogP contribution in [0.25, 0.3) is 0 Å². The molecule has 2 aromatic heterocycles. The lowest BCUT2D eigenvalue weighted by Gasteiger charge is -2.08. The number of nitrogens with zero attached hydrogens (tertiary/aromatic N) is 2. The van der Waals surface area contributed by atoms with Gasteiger partial charge in [-0.25, -0.2) is 0 Å². The zero-order chi connectivity index (χ0) is 12.1. The summed E-state index contributed by atoms with van der Waals surface area (Å²) in [5.41, 5.74) is 7.46. The van der Waals surface area contributed by atoms with E-state index in [2.05, 4.69) is 25.9 Å². The van der Waals surface area contributed by atoms with Crippen LogP contribution in [0.2, 0.25) is 0 Å². The van der Waals surface area contributed by atoms with E-state index >= 15 is 0 Å². The first kappa shape index (κ1) is 12.0. The van der Waals surface area contributed by atoms with Crippen LogP contribution in [0.5, 0.6) is 5.75 Å². The summed E-state index contributed by atoms with van der Waals surface area (Å²) >= 11 is 3.34. The molecule has 0 aliphatic rings. The molecule has 88 valence electrons. The maximum Gasteiger partial charge on any atom is 0.139 e. The first-order valence-corrected chi connectivity index (χ1v) is 5.95. The van der Waals surface area contributed by atoms with Gasteiger partial charge in [-0.3, -0.25) is 9.97 Å². The molecule has 2 heterocycles. The topological polar surface area (TPSA) is 61.0 Å². The maximum absolute atomic E-state index is 5.63. The highest BCUT2D eigenvalue weighted by atomic mass is 79.9. The molecule has 2 rings (SSSR count). The van der Waals surface area contributed by atoms with Crippen LogP contribution in [0.3, 0.4) is 0 Å². The Morgan fingerprint density at radius 1 is 1.35 bits per heavy atom. The molecule has 4 nitrogen and oxygen atoms in total. The van der Waals surface area contributed by atoms with Crippen LogP contribution in [-0.4, -0.2) is 9.97 Å². The number of halogens is 1. The Morgan fingerprint density at radius 2 is 2.24 bits per heavy atom. The molecular formula is C12H12BrN3O. The molecule has 17 heavy (non-hydrogen) atoms. The van der Waals surface area contributed by atoms with Crippen molar-refractivity contribution in [2.24, 2.45) is 5.73 Å². The van der Waals surface area contributed by atoms with Crippen molar-refractivity contribution in [3.05, 3.63) is 52.5 Å². The van der Waals surface area contributed by atoms with Crippen molar-refractivity contribution in [2.75, 3.05) is 0 Å². The normalized spacial score (nSPS) is 10.2. The summed E-state index contributed by atoms with van der Waals surface area (Å²) < 4.78 is 6.52. The first-order chi connectivity index (χ1) is 8.29. The Kier molecular flexibility index (Phi) is 4.06. The van der Waals surface area contributed by atoms with E-state index in [1.807, 2.05) is 18.2 Å². The summed E-state index contributed by atoms with van der Waals surface area (Å²) in [7, 11) is 0. The summed E-state index contributed by atoms with van der Waals surface area (Å²) in [5, 5.41) is 0. The molecule has 0 fully saturated rings. The van der Waals surface area contributed by atoms with Crippen LogP contribution in [-0.2, 0) is 13.2 Å². The largest absolute Gasteiger partial charge is 0.487 e. The molecule has 0 bridgehead atoms. The summed E-state index contributed by atoms with van der Waals surface area (Å²) in [4.78, 5) is 8.22. The summed E-state index contributed by atoms with van der Waals surface area (Å²) in [6, 6.07) is 5.70. The molecule has 0 aliphatic carbocycles. The van der Waals surface area contributed by atoms with Gasteiger partial charge in [-0.15, -0.1) is 0 Å². The van der Waals surface area contributed by atoms with Crippen molar-refractivity contribution >= 4 is 15.9 Å². The quantitative estimate of drug-likeness (QED) is 0.939. The van der Waals surface area contributed by atoms with Crippen molar-refractivity contribution in [2.45, 2.75) is 13.2 Å². The second-order valence-corrected chi connectivity index (χ2v) is 4.36. The summed E-state index contributed by atoms with van der Waals surface area (Å²) in [6.45, 7) is 0.856. The molecule has 0 radical (unpaired) electrons. The van der Waals surface area contributed by atoms with Gasteiger partial charge in [0, 0.05) is 29.0 Å². The van der Waals surface area contributed by atoms with Crippen LogP contribution in [0, 0.1) is 0 Å². The lowest BCUT2D eigenvalue weighted by atomic mass is 10.2. The molecule has 0 unspecified atom stereocenters. The van der Waals surface area contributed by atoms with E-state index in [4.69, 9.17) is 10.5 Å². The van der Waals surface area contributed by atoms with Gasteiger partial charge in [0.2, 0.25) is 0 Å². The van der Waals surface area contributed by atoms with E-state index in [0.29, 0.717) is 18.9 Å². The lowest BCUT2D eigenvalue weighted by molar-refractivity contribution is 0.303. The molecule has 2 aromatic rings. The molecular weight excluding hydrogens is 282 g/mol. The van der Waals surface area contributed by atoms with Crippen molar-refractivity contribution < 1.29 is 4.74 Å². The van der Waals surface area contributed by atoms with Gasteiger partial charge in [0.15, 0.2) is 0 Å². The predicted molar refractivity (Wildman–Crippen MR) is 68.4 cm³/mol. The third-order valence-corrected chi connectivity index (χ3v) is 2.69. The minimum atomic E-state index is 0.413. The van der Waals surface area contributed by atoms with Crippen LogP contribution in [0.4, 0.5) is 0 Å². The molecule has 0 aromatic carbocycles. The van der Waals surface area contributed by atoms with Crippen LogP contribution >= 0.6 is 15.9 Å². The minimum absolute atomic E-state index is 0.413. The highest BCUT2D eigenvalue weighted by Gasteiger charge is 2.03. The van der Waals surface area contributed by atoms with E-state index < -0.39 is 0 Å². The Morgan fingerprint density at radius 3 is 3.00 bits per heavy atom. The molecule has 0 atom stereocenters. The Balaban J connectivity index is 2.07. The number of aromatic nitrogens is 2. The molecule has 0 saturated heterocycles. The number of nitrogens with two attached hydrogens (primary N) is 1. The first-order valence-electron chi connectivity index (χ1n) is 5.16. The fraction of sp³-hybridized carbons (Fsp3) is 0.167. The van der Waals surface area contributed by atoms with E-state index in [1.54, 1.807) is 18.6 Å². The van der Waals surface area contributed by atoms with E-state index in [1.165, 1.54) is 0 Å². The average Bonchev–Trinajstić information content (AvgIpc) is 2.37. The van der Waals surface area contributed by atoms with Crippen molar-refractivity contribution in [3.8, 4) is 5.75 Å². The fourth-order valence-electron chi connectivity index (χ4n) is 1.42. The van der Waals surface area contributed by atoms with Gasteiger partial charge in [0.25, 0.3) is 0 Å². The van der Waals surface area contributed by atoms with Crippen molar-refractivity contribution in [3.63, 3.8) is 0 Å². The summed E-state index contributed by atoms with van der Waals surface area (Å²) in [5.74, 6) is 0.714. The highest BCUT2D eigenvalue weighted by Crippen LogP contribution is 2.17. The molecule has 0 spiro atoms. The van der Waals surface area contributed by atoms with Gasteiger partial charge in [0.1, 0.15) is 12.4 Å². The van der Waals surface area contributed by atoms with E-state index in [9.17, 15) is 0 Å². The maximum atomic E-state index is 5.63. The van der Waals surface area contributed by atoms with Crippen LogP contribution in [0.15, 0.2) is 41.3 Å². The van der Waals surface area contributed by atoms with Gasteiger partial charge < -0.3 is 10.5 Å².